The topological polar surface area (TPSA) is 68.3 Å². The van der Waals surface area contributed by atoms with Crippen LogP contribution in [0, 0.1) is 0 Å². The van der Waals surface area contributed by atoms with Crippen LogP contribution < -0.4 is 11.1 Å². The van der Waals surface area contributed by atoms with Crippen molar-refractivity contribution in [1.82, 2.24) is 5.32 Å². The maximum absolute atomic E-state index is 10.7. The standard InChI is InChI=1S/C10H16N2O2/c1-3-8-4-5-9(14-8)6-12-7(2)10(11)13/h4-5,7,12H,3,6H2,1-2H3,(H2,11,13)/t7-/m0/s1. The molecular formula is C10H16N2O2. The lowest BCUT2D eigenvalue weighted by Gasteiger charge is -2.07. The number of primary amides is 1. The molecule has 4 heteroatoms. The molecule has 0 saturated carbocycles. The number of amides is 1. The van der Waals surface area contributed by atoms with Gasteiger partial charge in [-0.3, -0.25) is 10.1 Å². The van der Waals surface area contributed by atoms with Gasteiger partial charge in [-0.25, -0.2) is 0 Å². The van der Waals surface area contributed by atoms with Crippen LogP contribution in [-0.2, 0) is 17.8 Å². The van der Waals surface area contributed by atoms with Gasteiger partial charge in [0.1, 0.15) is 11.5 Å². The van der Waals surface area contributed by atoms with Crippen LogP contribution in [0.25, 0.3) is 0 Å². The second kappa shape index (κ2) is 4.81. The Morgan fingerprint density at radius 3 is 2.71 bits per heavy atom. The third kappa shape index (κ3) is 2.88. The summed E-state index contributed by atoms with van der Waals surface area (Å²) in [4.78, 5) is 10.7. The lowest BCUT2D eigenvalue weighted by molar-refractivity contribution is -0.119. The summed E-state index contributed by atoms with van der Waals surface area (Å²) in [6, 6.07) is 3.51. The minimum absolute atomic E-state index is 0.329. The molecule has 4 nitrogen and oxygen atoms in total. The van der Waals surface area contributed by atoms with E-state index in [0.29, 0.717) is 6.54 Å². The van der Waals surface area contributed by atoms with Crippen LogP contribution in [0.3, 0.4) is 0 Å². The molecule has 0 aliphatic heterocycles. The minimum atomic E-state index is -0.354. The summed E-state index contributed by atoms with van der Waals surface area (Å²) in [6.45, 7) is 4.29. The number of hydrogen-bond donors (Lipinski definition) is 2. The highest BCUT2D eigenvalue weighted by Crippen LogP contribution is 2.07. The molecule has 1 aromatic rings. The summed E-state index contributed by atoms with van der Waals surface area (Å²) in [5.74, 6) is 1.43. The normalized spacial score (nSPS) is 12.7. The molecule has 1 rings (SSSR count). The Morgan fingerprint density at radius 2 is 2.21 bits per heavy atom. The molecule has 78 valence electrons. The number of nitrogens with two attached hydrogens (primary N) is 1. The van der Waals surface area contributed by atoms with Crippen LogP contribution >= 0.6 is 0 Å². The van der Waals surface area contributed by atoms with Gasteiger partial charge in [-0.15, -0.1) is 0 Å². The molecule has 1 heterocycles. The van der Waals surface area contributed by atoms with Crippen LogP contribution in [0.4, 0.5) is 0 Å². The Hall–Kier alpha value is -1.29. The molecule has 0 radical (unpaired) electrons. The van der Waals surface area contributed by atoms with E-state index in [1.54, 1.807) is 6.92 Å². The van der Waals surface area contributed by atoms with Crippen molar-refractivity contribution in [2.75, 3.05) is 0 Å². The first-order valence-corrected chi connectivity index (χ1v) is 4.73. The molecule has 14 heavy (non-hydrogen) atoms. The average Bonchev–Trinajstić information content (AvgIpc) is 2.61. The molecule has 0 saturated heterocycles. The number of furan rings is 1. The molecule has 0 unspecified atom stereocenters. The minimum Gasteiger partial charge on any atom is -0.465 e. The number of hydrogen-bond acceptors (Lipinski definition) is 3. The zero-order chi connectivity index (χ0) is 10.6. The molecule has 0 aliphatic rings. The summed E-state index contributed by atoms with van der Waals surface area (Å²) in [5, 5.41) is 2.97. The van der Waals surface area contributed by atoms with E-state index < -0.39 is 0 Å². The fourth-order valence-corrected chi connectivity index (χ4v) is 1.06. The maximum atomic E-state index is 10.7. The second-order valence-corrected chi connectivity index (χ2v) is 3.23. The van der Waals surface area contributed by atoms with Crippen LogP contribution in [0.1, 0.15) is 25.4 Å². The van der Waals surface area contributed by atoms with Crippen molar-refractivity contribution in [1.29, 1.82) is 0 Å². The lowest BCUT2D eigenvalue weighted by Crippen LogP contribution is -2.38. The molecule has 3 N–H and O–H groups in total. The van der Waals surface area contributed by atoms with Gasteiger partial charge in [-0.2, -0.15) is 0 Å². The molecule has 0 aromatic carbocycles. The van der Waals surface area contributed by atoms with E-state index in [2.05, 4.69) is 5.32 Å². The summed E-state index contributed by atoms with van der Waals surface area (Å²) < 4.78 is 5.45. The molecular weight excluding hydrogens is 180 g/mol. The number of carbonyl (C=O) groups excluding carboxylic acids is 1. The van der Waals surface area contributed by atoms with Crippen molar-refractivity contribution in [2.24, 2.45) is 5.73 Å². The van der Waals surface area contributed by atoms with Gasteiger partial charge in [0.05, 0.1) is 12.6 Å². The molecule has 0 bridgehead atoms. The average molecular weight is 196 g/mol. The first-order valence-electron chi connectivity index (χ1n) is 4.73. The van der Waals surface area contributed by atoms with Crippen molar-refractivity contribution < 1.29 is 9.21 Å². The third-order valence-corrected chi connectivity index (χ3v) is 2.08. The highest BCUT2D eigenvalue weighted by molar-refractivity contribution is 5.79. The molecule has 0 fully saturated rings. The van der Waals surface area contributed by atoms with E-state index in [-0.39, 0.29) is 11.9 Å². The zero-order valence-electron chi connectivity index (χ0n) is 8.54. The van der Waals surface area contributed by atoms with Gasteiger partial charge < -0.3 is 10.2 Å². The van der Waals surface area contributed by atoms with E-state index in [0.717, 1.165) is 17.9 Å². The Bertz CT molecular complexity index is 307. The van der Waals surface area contributed by atoms with E-state index in [4.69, 9.17) is 10.2 Å². The van der Waals surface area contributed by atoms with Crippen molar-refractivity contribution in [3.63, 3.8) is 0 Å². The third-order valence-electron chi connectivity index (χ3n) is 2.08. The highest BCUT2D eigenvalue weighted by Gasteiger charge is 2.08. The molecule has 1 atom stereocenters. The number of rotatable bonds is 5. The largest absolute Gasteiger partial charge is 0.465 e. The second-order valence-electron chi connectivity index (χ2n) is 3.23. The quantitative estimate of drug-likeness (QED) is 0.732. The number of nitrogens with one attached hydrogen (secondary N) is 1. The van der Waals surface area contributed by atoms with Crippen molar-refractivity contribution in [3.8, 4) is 0 Å². The van der Waals surface area contributed by atoms with Gasteiger partial charge in [0.15, 0.2) is 0 Å². The van der Waals surface area contributed by atoms with Gasteiger partial charge in [0, 0.05) is 6.42 Å². The fraction of sp³-hybridized carbons (Fsp3) is 0.500. The molecule has 0 spiro atoms. The SMILES string of the molecule is CCc1ccc(CN[C@@H](C)C(N)=O)o1. The predicted molar refractivity (Wildman–Crippen MR) is 53.6 cm³/mol. The van der Waals surface area contributed by atoms with E-state index in [9.17, 15) is 4.79 Å². The van der Waals surface area contributed by atoms with E-state index in [1.165, 1.54) is 0 Å². The molecule has 1 aromatic heterocycles. The van der Waals surface area contributed by atoms with Gasteiger partial charge >= 0.3 is 0 Å². The van der Waals surface area contributed by atoms with Crippen LogP contribution in [-0.4, -0.2) is 11.9 Å². The van der Waals surface area contributed by atoms with Gasteiger partial charge in [-0.1, -0.05) is 6.92 Å². The van der Waals surface area contributed by atoms with Crippen LogP contribution in [0.5, 0.6) is 0 Å². The number of carbonyl (C=O) groups is 1. The smallest absolute Gasteiger partial charge is 0.234 e. The first kappa shape index (κ1) is 10.8. The summed E-state index contributed by atoms with van der Waals surface area (Å²) in [7, 11) is 0. The van der Waals surface area contributed by atoms with Crippen LogP contribution in [0.15, 0.2) is 16.5 Å². The highest BCUT2D eigenvalue weighted by atomic mass is 16.3. The summed E-state index contributed by atoms with van der Waals surface area (Å²) in [5.41, 5.74) is 5.10. The Labute approximate surface area is 83.5 Å². The Balaban J connectivity index is 2.41. The van der Waals surface area contributed by atoms with Gasteiger partial charge in [0.25, 0.3) is 0 Å². The van der Waals surface area contributed by atoms with Crippen molar-refractivity contribution >= 4 is 5.91 Å². The van der Waals surface area contributed by atoms with E-state index >= 15 is 0 Å². The maximum Gasteiger partial charge on any atom is 0.234 e. The Morgan fingerprint density at radius 1 is 1.57 bits per heavy atom. The van der Waals surface area contributed by atoms with Gasteiger partial charge in [0.2, 0.25) is 5.91 Å². The van der Waals surface area contributed by atoms with Gasteiger partial charge in [-0.05, 0) is 19.1 Å². The monoisotopic (exact) mass is 196 g/mol. The number of aryl methyl sites for hydroxylation is 1. The summed E-state index contributed by atoms with van der Waals surface area (Å²) >= 11 is 0. The Kier molecular flexibility index (Phi) is 3.71. The zero-order valence-corrected chi connectivity index (χ0v) is 8.54. The van der Waals surface area contributed by atoms with Crippen molar-refractivity contribution in [3.05, 3.63) is 23.7 Å². The lowest BCUT2D eigenvalue weighted by atomic mass is 10.3. The van der Waals surface area contributed by atoms with Crippen molar-refractivity contribution in [2.45, 2.75) is 32.9 Å². The molecule has 1 amide bonds. The molecule has 0 aliphatic carbocycles. The first-order chi connectivity index (χ1) is 6.63. The fourth-order valence-electron chi connectivity index (χ4n) is 1.06. The van der Waals surface area contributed by atoms with E-state index in [1.807, 2.05) is 19.1 Å². The van der Waals surface area contributed by atoms with Crippen LogP contribution in [0.2, 0.25) is 0 Å². The summed E-state index contributed by atoms with van der Waals surface area (Å²) in [6.07, 6.45) is 0.880. The predicted octanol–water partition coefficient (Wildman–Crippen LogP) is 0.805.